The quantitative estimate of drug-likeness (QED) is 0.0132. The van der Waals surface area contributed by atoms with Crippen molar-refractivity contribution >= 4 is 47.8 Å². The topological polar surface area (TPSA) is 312 Å². The van der Waals surface area contributed by atoms with Crippen molar-refractivity contribution in [3.8, 4) is 74.7 Å². The third-order valence-electron chi connectivity index (χ3n) is 23.0. The molecule has 12 aromatic rings. The van der Waals surface area contributed by atoms with Crippen LogP contribution in [0, 0.1) is 118 Å². The first-order valence-corrected chi connectivity index (χ1v) is 43.9. The Morgan fingerprint density at radius 2 is 0.464 bits per heavy atom. The summed E-state index contributed by atoms with van der Waals surface area (Å²) in [6.07, 6.45) is 8.87. The number of rotatable bonds is 28. The van der Waals surface area contributed by atoms with E-state index < -0.39 is 53.7 Å². The summed E-state index contributed by atoms with van der Waals surface area (Å²) in [6, 6.07) is 55.3. The first-order valence-electron chi connectivity index (χ1n) is 43.9. The maximum atomic E-state index is 12.3. The van der Waals surface area contributed by atoms with Gasteiger partial charge in [-0.15, -0.1) is 0 Å². The molecule has 21 nitrogen and oxygen atoms in total. The van der Waals surface area contributed by atoms with Crippen LogP contribution in [0.25, 0.3) is 0 Å². The molecule has 0 aliphatic rings. The highest BCUT2D eigenvalue weighted by Gasteiger charge is 2.32. The second-order valence-electron chi connectivity index (χ2n) is 33.6. The normalized spacial score (nSPS) is 11.0. The molecule has 12 rings (SSSR count). The summed E-state index contributed by atoms with van der Waals surface area (Å²) < 4.78 is 43.8. The van der Waals surface area contributed by atoms with Crippen LogP contribution in [-0.4, -0.2) is 73.3 Å². The Labute approximate surface area is 805 Å². The molecule has 5 N–H and O–H groups in total. The molecule has 708 valence electrons. The number of aromatic hydroxyl groups is 5. The van der Waals surface area contributed by atoms with Gasteiger partial charge in [-0.25, -0.2) is 38.4 Å². The maximum absolute atomic E-state index is 12.3. The van der Waals surface area contributed by atoms with E-state index in [0.29, 0.717) is 62.7 Å². The lowest BCUT2D eigenvalue weighted by molar-refractivity contribution is -0.129. The van der Waals surface area contributed by atoms with Crippen LogP contribution in [0.15, 0.2) is 283 Å². The van der Waals surface area contributed by atoms with Crippen molar-refractivity contribution in [2.45, 2.75) is 141 Å². The number of carbonyl (C=O) groups is 8. The summed E-state index contributed by atoms with van der Waals surface area (Å²) >= 11 is 0. The van der Waals surface area contributed by atoms with Crippen molar-refractivity contribution in [1.82, 2.24) is 0 Å². The molecule has 0 aliphatic heterocycles. The summed E-state index contributed by atoms with van der Waals surface area (Å²) in [5.74, 6) is -1.41. The first-order chi connectivity index (χ1) is 65.4. The number of phenolic OH excluding ortho intramolecular Hbond substituents is 5. The molecule has 0 saturated heterocycles. The van der Waals surface area contributed by atoms with Gasteiger partial charge in [-0.2, -0.15) is 0 Å². The average Bonchev–Trinajstić information content (AvgIpc) is 0.763. The van der Waals surface area contributed by atoms with Gasteiger partial charge >= 0.3 is 47.8 Å². The minimum Gasteiger partial charge on any atom is -0.508 e. The number of ether oxygens (including phenoxy) is 8. The van der Waals surface area contributed by atoms with Crippen LogP contribution >= 0.6 is 0 Å². The molecular formula is C117H114O21. The van der Waals surface area contributed by atoms with Gasteiger partial charge in [0.15, 0.2) is 0 Å². The Morgan fingerprint density at radius 1 is 0.210 bits per heavy atom. The molecule has 0 radical (unpaired) electrons. The van der Waals surface area contributed by atoms with Crippen LogP contribution in [-0.2, 0) is 38.4 Å². The lowest BCUT2D eigenvalue weighted by Gasteiger charge is -2.26. The second kappa shape index (κ2) is 46.8. The minimum absolute atomic E-state index is 0.0801. The van der Waals surface area contributed by atoms with Crippen LogP contribution in [0.2, 0.25) is 0 Å². The molecule has 0 aromatic heterocycles. The molecule has 0 fully saturated rings. The zero-order valence-corrected chi connectivity index (χ0v) is 80.7. The molecule has 0 amide bonds. The fourth-order valence-corrected chi connectivity index (χ4v) is 16.4. The lowest BCUT2D eigenvalue weighted by atomic mass is 9.79. The number of hydrogen-bond donors (Lipinski definition) is 5. The Balaban J connectivity index is 0.000000207. The van der Waals surface area contributed by atoms with E-state index in [4.69, 9.17) is 37.9 Å². The van der Waals surface area contributed by atoms with E-state index in [2.05, 4.69) is 52.6 Å². The van der Waals surface area contributed by atoms with Gasteiger partial charge < -0.3 is 63.4 Å². The lowest BCUT2D eigenvalue weighted by Crippen LogP contribution is -2.13. The molecule has 0 spiro atoms. The number of esters is 8. The summed E-state index contributed by atoms with van der Waals surface area (Å²) in [4.78, 5) is 95.4. The number of hydrogen-bond acceptors (Lipinski definition) is 21. The summed E-state index contributed by atoms with van der Waals surface area (Å²) in [5.41, 5.74) is 24.8. The molecule has 2 atom stereocenters. The van der Waals surface area contributed by atoms with Crippen LogP contribution < -0.4 is 37.9 Å². The van der Waals surface area contributed by atoms with Gasteiger partial charge in [0.2, 0.25) is 0 Å². The molecule has 0 aliphatic carbocycles. The van der Waals surface area contributed by atoms with Gasteiger partial charge in [0.1, 0.15) is 74.7 Å². The van der Waals surface area contributed by atoms with Crippen molar-refractivity contribution in [3.63, 3.8) is 0 Å². The van der Waals surface area contributed by atoms with Gasteiger partial charge in [0.05, 0.1) is 0 Å². The third kappa shape index (κ3) is 26.0. The molecule has 21 heteroatoms. The molecule has 2 unspecified atom stereocenters. The van der Waals surface area contributed by atoms with Gasteiger partial charge in [-0.05, 0) is 329 Å². The highest BCUT2D eigenvalue weighted by molar-refractivity contribution is 5.88. The minimum atomic E-state index is -0.681. The van der Waals surface area contributed by atoms with Crippen molar-refractivity contribution < 1.29 is 102 Å². The summed E-state index contributed by atoms with van der Waals surface area (Å²) in [7, 11) is 0. The van der Waals surface area contributed by atoms with Gasteiger partial charge in [-0.1, -0.05) is 168 Å². The summed E-state index contributed by atoms with van der Waals surface area (Å²) in [6.45, 7) is 59.8. The van der Waals surface area contributed by atoms with Crippen LogP contribution in [0.3, 0.4) is 0 Å². The van der Waals surface area contributed by atoms with E-state index in [1.165, 1.54) is 12.1 Å². The van der Waals surface area contributed by atoms with Gasteiger partial charge in [-0.3, -0.25) is 0 Å². The van der Waals surface area contributed by atoms with E-state index in [9.17, 15) is 63.9 Å². The van der Waals surface area contributed by atoms with E-state index in [-0.39, 0.29) is 46.5 Å². The number of phenols is 5. The third-order valence-corrected chi connectivity index (χ3v) is 23.0. The van der Waals surface area contributed by atoms with Crippen molar-refractivity contribution in [1.29, 1.82) is 0 Å². The van der Waals surface area contributed by atoms with Crippen LogP contribution in [0.5, 0.6) is 74.7 Å². The monoisotopic (exact) mass is 1850 g/mol. The molecule has 0 bridgehead atoms. The van der Waals surface area contributed by atoms with Crippen molar-refractivity contribution in [3.05, 3.63) is 445 Å². The SMILES string of the molecule is C=CC(=O)Oc1c(C)cc(C(c2ccc(O)cc2)c2cc(C)c(O)c(C)c2)cc1C.C=CC(=O)Oc1cc(C)c(C(c2cc(C)c(OC(=O)C=C)cc2C)c2ccc(O)cc2OC(=O)C=C)cc1C.C=CC(=O)Oc1cc(C)c(C(c2ccc(O)cc2)c2cc(C)c(O)cc2C)cc1C.C=CC(=O)Oc1cc(C)ccc1C(c1cc(C)c(OC(=O)C=C)c(C)c1)c1cc(C)c(OC(=O)C=C)c(C)c1. The molecule has 0 saturated carbocycles. The Hall–Kier alpha value is -16.7. The molecule has 138 heavy (non-hydrogen) atoms. The number of benzene rings is 12. The summed E-state index contributed by atoms with van der Waals surface area (Å²) in [5, 5.41) is 50.1. The second-order valence-corrected chi connectivity index (χ2v) is 33.6. The van der Waals surface area contributed by atoms with E-state index in [0.717, 1.165) is 193 Å². The Morgan fingerprint density at radius 3 is 0.797 bits per heavy atom. The standard InChI is InChI=1S/C33H32O6.C32H30O7.2C26H26O4/c1-9-28(34)37-27-14-19(4)12-13-26(27)31(24-15-20(5)32(21(6)16-24)38-29(35)10-2)25-17-22(7)33(23(8)18-25)39-30(36)11-3;1-8-29(34)37-26-15-18(4)24(13-20(26)6)32(23-12-11-22(33)17-28(23)39-31(36)10-3)25-14-21(7)27(16-19(25)5)38-30(35)9-2;1-6-25(29)30-24-14-16(3)22(12-18(24)5)26(19-7-9-20(27)10-8-19)21-11-17(4)23(28)13-15(21)2;1-6-23(28)30-26-17(4)13-21(14-18(26)5)24(19-7-9-22(27)10-8-19)20-11-15(2)25(29)16(3)12-20/h9-18,31H,1-3H2,4-8H3;8-17,32-33H,1-3H2,4-7H3;6-14,26-28H,1H2,2-5H3;6-14,24,27,29H,1H2,2-5H3. The van der Waals surface area contributed by atoms with E-state index in [1.54, 1.807) is 48.5 Å². The predicted octanol–water partition coefficient (Wildman–Crippen LogP) is 24.0. The average molecular weight is 1860 g/mol. The fourth-order valence-electron chi connectivity index (χ4n) is 16.4. The maximum Gasteiger partial charge on any atom is 0.335 e. The van der Waals surface area contributed by atoms with Gasteiger partial charge in [0, 0.05) is 89.5 Å². The van der Waals surface area contributed by atoms with Crippen LogP contribution in [0.4, 0.5) is 0 Å². The fraction of sp³-hybridized carbons (Fsp3) is 0.179. The number of aryl methyl sites for hydroxylation is 17. The zero-order valence-electron chi connectivity index (χ0n) is 80.7. The van der Waals surface area contributed by atoms with Crippen molar-refractivity contribution in [2.24, 2.45) is 0 Å². The first kappa shape index (κ1) is 105. The highest BCUT2D eigenvalue weighted by atomic mass is 16.6. The molecule has 12 aromatic carbocycles. The van der Waals surface area contributed by atoms with Crippen molar-refractivity contribution in [2.75, 3.05) is 0 Å². The van der Waals surface area contributed by atoms with E-state index >= 15 is 0 Å². The highest BCUT2D eigenvalue weighted by Crippen LogP contribution is 2.48. The Bertz CT molecular complexity index is 6590. The predicted molar refractivity (Wildman–Crippen MR) is 537 cm³/mol. The number of carbonyl (C=O) groups excluding carboxylic acids is 8. The zero-order chi connectivity index (χ0) is 102. The smallest absolute Gasteiger partial charge is 0.335 e. The molecule has 0 heterocycles. The Kier molecular flexibility index (Phi) is 35.6. The van der Waals surface area contributed by atoms with Crippen LogP contribution in [0.1, 0.15) is 185 Å². The molecular weight excluding hydrogens is 1740 g/mol. The van der Waals surface area contributed by atoms with E-state index in [1.807, 2.05) is 239 Å². The largest absolute Gasteiger partial charge is 0.508 e. The van der Waals surface area contributed by atoms with Gasteiger partial charge in [0.25, 0.3) is 0 Å².